The van der Waals surface area contributed by atoms with E-state index in [1.807, 2.05) is 36.4 Å². The number of hydrogen-bond acceptors (Lipinski definition) is 8. The van der Waals surface area contributed by atoms with Gasteiger partial charge in [-0.1, -0.05) is 23.1 Å². The van der Waals surface area contributed by atoms with Crippen molar-refractivity contribution in [3.8, 4) is 17.2 Å². The molecule has 2 aromatic heterocycles. The van der Waals surface area contributed by atoms with Gasteiger partial charge in [0.15, 0.2) is 16.6 Å². The van der Waals surface area contributed by atoms with Crippen molar-refractivity contribution in [3.63, 3.8) is 0 Å². The zero-order valence-electron chi connectivity index (χ0n) is 16.5. The van der Waals surface area contributed by atoms with Gasteiger partial charge >= 0.3 is 0 Å². The molecule has 9 heteroatoms. The fraction of sp³-hybridized carbons (Fsp3) is 0.136. The molecule has 4 aromatic rings. The number of amides is 1. The lowest BCUT2D eigenvalue weighted by atomic mass is 10.3. The average molecular weight is 452 g/mol. The summed E-state index contributed by atoms with van der Waals surface area (Å²) in [6.07, 6.45) is 1.67. The third kappa shape index (κ3) is 4.14. The van der Waals surface area contributed by atoms with Gasteiger partial charge in [-0.3, -0.25) is 10.1 Å². The van der Waals surface area contributed by atoms with E-state index in [-0.39, 0.29) is 5.91 Å². The Morgan fingerprint density at radius 1 is 1.13 bits per heavy atom. The van der Waals surface area contributed by atoms with Crippen LogP contribution >= 0.6 is 23.1 Å². The summed E-state index contributed by atoms with van der Waals surface area (Å²) in [5.74, 6) is 1.91. The molecule has 1 aliphatic heterocycles. The van der Waals surface area contributed by atoms with E-state index in [2.05, 4.69) is 15.3 Å². The van der Waals surface area contributed by atoms with E-state index in [4.69, 9.17) is 14.2 Å². The summed E-state index contributed by atoms with van der Waals surface area (Å²) >= 11 is 2.79. The van der Waals surface area contributed by atoms with Gasteiger partial charge in [0, 0.05) is 11.1 Å². The molecular formula is C22H17N3O4S2. The minimum absolute atomic E-state index is 0.265. The highest BCUT2D eigenvalue weighted by Crippen LogP contribution is 2.37. The maximum atomic E-state index is 13.0. The number of anilines is 1. The van der Waals surface area contributed by atoms with Gasteiger partial charge in [-0.15, -0.1) is 0 Å². The Kier molecular flexibility index (Phi) is 5.35. The molecule has 0 bridgehead atoms. The number of thiazole rings is 1. The normalized spacial score (nSPS) is 12.5. The van der Waals surface area contributed by atoms with Gasteiger partial charge in [0.2, 0.25) is 0 Å². The number of hydrogen-bond donors (Lipinski definition) is 1. The number of nitrogens with zero attached hydrogens (tertiary/aromatic N) is 2. The van der Waals surface area contributed by atoms with Crippen molar-refractivity contribution < 1.29 is 19.0 Å². The first-order valence-corrected chi connectivity index (χ1v) is 11.1. The van der Waals surface area contributed by atoms with E-state index >= 15 is 0 Å². The van der Waals surface area contributed by atoms with Gasteiger partial charge in [-0.05, 0) is 48.5 Å². The van der Waals surface area contributed by atoms with Crippen molar-refractivity contribution in [2.24, 2.45) is 0 Å². The van der Waals surface area contributed by atoms with Crippen LogP contribution in [0.3, 0.4) is 0 Å². The number of ether oxygens (including phenoxy) is 3. The van der Waals surface area contributed by atoms with E-state index < -0.39 is 0 Å². The second kappa shape index (κ2) is 8.44. The number of fused-ring (bicyclic) bond motifs is 2. The van der Waals surface area contributed by atoms with Crippen molar-refractivity contribution in [2.75, 3.05) is 25.6 Å². The lowest BCUT2D eigenvalue weighted by Crippen LogP contribution is -2.15. The number of benzene rings is 2. The quantitative estimate of drug-likeness (QED) is 0.463. The Morgan fingerprint density at radius 3 is 2.87 bits per heavy atom. The minimum Gasteiger partial charge on any atom is -0.497 e. The van der Waals surface area contributed by atoms with Crippen LogP contribution in [0.4, 0.5) is 5.13 Å². The maximum Gasteiger partial charge on any atom is 0.260 e. The molecule has 3 heterocycles. The molecule has 0 fully saturated rings. The first-order valence-electron chi connectivity index (χ1n) is 9.48. The molecule has 0 spiro atoms. The molecule has 1 N–H and O–H groups in total. The lowest BCUT2D eigenvalue weighted by molar-refractivity contribution is 0.102. The van der Waals surface area contributed by atoms with Gasteiger partial charge in [-0.2, -0.15) is 0 Å². The number of methoxy groups -OCH3 is 1. The Balaban J connectivity index is 1.38. The van der Waals surface area contributed by atoms with E-state index in [1.54, 1.807) is 25.4 Å². The minimum atomic E-state index is -0.265. The number of rotatable bonds is 5. The van der Waals surface area contributed by atoms with Crippen molar-refractivity contribution in [3.05, 3.63) is 60.3 Å². The predicted octanol–water partition coefficient (Wildman–Crippen LogP) is 4.87. The molecule has 0 radical (unpaired) electrons. The highest BCUT2D eigenvalue weighted by molar-refractivity contribution is 7.99. The summed E-state index contributed by atoms with van der Waals surface area (Å²) in [4.78, 5) is 22.8. The highest BCUT2D eigenvalue weighted by atomic mass is 32.2. The lowest BCUT2D eigenvalue weighted by Gasteiger charge is -2.18. The van der Waals surface area contributed by atoms with Crippen LogP contribution in [0.2, 0.25) is 0 Å². The molecule has 0 atom stereocenters. The standard InChI is InChI=1S/C22H17N3O4S2/c1-27-13-4-6-16-19(11-13)31-22(24-16)25-20(26)15-3-2-8-23-21(15)30-14-5-7-17-18(12-14)29-10-9-28-17/h2-8,11-12H,9-10H2,1H3,(H,24,25,26). The van der Waals surface area contributed by atoms with Crippen LogP contribution in [0.25, 0.3) is 10.2 Å². The van der Waals surface area contributed by atoms with Crippen LogP contribution in [-0.2, 0) is 0 Å². The first-order chi connectivity index (χ1) is 15.2. The van der Waals surface area contributed by atoms with Crippen molar-refractivity contribution in [2.45, 2.75) is 9.92 Å². The highest BCUT2D eigenvalue weighted by Gasteiger charge is 2.18. The summed E-state index contributed by atoms with van der Waals surface area (Å²) in [5, 5.41) is 4.01. The second-order valence-electron chi connectivity index (χ2n) is 6.57. The van der Waals surface area contributed by atoms with Crippen LogP contribution in [0, 0.1) is 0 Å². The van der Waals surface area contributed by atoms with Gasteiger partial charge < -0.3 is 14.2 Å². The smallest absolute Gasteiger partial charge is 0.260 e. The molecule has 5 rings (SSSR count). The summed E-state index contributed by atoms with van der Waals surface area (Å²) in [7, 11) is 1.62. The molecule has 1 amide bonds. The van der Waals surface area contributed by atoms with Crippen LogP contribution in [0.1, 0.15) is 10.4 Å². The summed E-state index contributed by atoms with van der Waals surface area (Å²) < 4.78 is 17.4. The number of nitrogens with one attached hydrogen (secondary N) is 1. The van der Waals surface area contributed by atoms with E-state index in [0.717, 1.165) is 26.6 Å². The third-order valence-electron chi connectivity index (χ3n) is 4.56. The van der Waals surface area contributed by atoms with Gasteiger partial charge in [0.1, 0.15) is 24.0 Å². The molecule has 2 aromatic carbocycles. The maximum absolute atomic E-state index is 13.0. The Labute approximate surface area is 186 Å². The fourth-order valence-corrected chi connectivity index (χ4v) is 4.89. The monoisotopic (exact) mass is 451 g/mol. The van der Waals surface area contributed by atoms with E-state index in [1.165, 1.54) is 23.1 Å². The second-order valence-corrected chi connectivity index (χ2v) is 8.66. The Bertz CT molecular complexity index is 1270. The number of pyridine rings is 1. The first kappa shape index (κ1) is 19.7. The number of carbonyl (C=O) groups is 1. The average Bonchev–Trinajstić information content (AvgIpc) is 3.20. The summed E-state index contributed by atoms with van der Waals surface area (Å²) in [5.41, 5.74) is 1.28. The largest absolute Gasteiger partial charge is 0.497 e. The summed E-state index contributed by atoms with van der Waals surface area (Å²) in [6, 6.07) is 14.8. The number of carbonyl (C=O) groups excluding carboxylic acids is 1. The van der Waals surface area contributed by atoms with Crippen LogP contribution < -0.4 is 19.5 Å². The Morgan fingerprint density at radius 2 is 2.00 bits per heavy atom. The number of aromatic nitrogens is 2. The Hall–Kier alpha value is -3.30. The third-order valence-corrected chi connectivity index (χ3v) is 6.50. The van der Waals surface area contributed by atoms with Crippen molar-refractivity contribution >= 4 is 44.4 Å². The van der Waals surface area contributed by atoms with E-state index in [0.29, 0.717) is 34.7 Å². The van der Waals surface area contributed by atoms with Gasteiger partial charge in [0.05, 0.1) is 22.9 Å². The SMILES string of the molecule is COc1ccc2nc(NC(=O)c3cccnc3Sc3ccc4c(c3)OCCO4)sc2c1. The topological polar surface area (TPSA) is 82.6 Å². The molecule has 0 unspecified atom stereocenters. The zero-order valence-corrected chi connectivity index (χ0v) is 18.1. The van der Waals surface area contributed by atoms with E-state index in [9.17, 15) is 4.79 Å². The van der Waals surface area contributed by atoms with Crippen molar-refractivity contribution in [1.82, 2.24) is 9.97 Å². The molecule has 1 aliphatic rings. The van der Waals surface area contributed by atoms with Crippen LogP contribution in [-0.4, -0.2) is 36.2 Å². The molecule has 0 aliphatic carbocycles. The molecule has 0 saturated heterocycles. The zero-order chi connectivity index (χ0) is 21.2. The molecule has 7 nitrogen and oxygen atoms in total. The molecule has 156 valence electrons. The van der Waals surface area contributed by atoms with Crippen molar-refractivity contribution in [1.29, 1.82) is 0 Å². The summed E-state index contributed by atoms with van der Waals surface area (Å²) in [6.45, 7) is 1.06. The van der Waals surface area contributed by atoms with Crippen LogP contribution in [0.5, 0.6) is 17.2 Å². The fourth-order valence-electron chi connectivity index (χ4n) is 3.09. The molecule has 0 saturated carbocycles. The van der Waals surface area contributed by atoms with Crippen LogP contribution in [0.15, 0.2) is 64.6 Å². The molecular weight excluding hydrogens is 434 g/mol. The molecule has 31 heavy (non-hydrogen) atoms. The van der Waals surface area contributed by atoms with Gasteiger partial charge in [-0.25, -0.2) is 9.97 Å². The predicted molar refractivity (Wildman–Crippen MR) is 120 cm³/mol. The van der Waals surface area contributed by atoms with Gasteiger partial charge in [0.25, 0.3) is 5.91 Å².